The molecular formula is C11H22N2O3S. The molecule has 0 rings (SSSR count). The SMILES string of the molecule is CCC(C)N(CC(=O)O)C(=O)[C@H](N)CCSC. The van der Waals surface area contributed by atoms with Crippen LogP contribution in [-0.4, -0.2) is 52.5 Å². The molecule has 0 fully saturated rings. The Morgan fingerprint density at radius 2 is 2.06 bits per heavy atom. The van der Waals surface area contributed by atoms with E-state index in [0.717, 1.165) is 5.75 Å². The Hall–Kier alpha value is -0.750. The first-order valence-electron chi connectivity index (χ1n) is 5.70. The average molecular weight is 262 g/mol. The van der Waals surface area contributed by atoms with Crippen LogP contribution >= 0.6 is 11.8 Å². The molecule has 5 nitrogen and oxygen atoms in total. The standard InChI is InChI=1S/C11H22N2O3S/c1-4-8(2)13(7-10(14)15)11(16)9(12)5-6-17-3/h8-9H,4-7,12H2,1-3H3,(H,14,15)/t8?,9-/m1/s1. The predicted molar refractivity (Wildman–Crippen MR) is 70.1 cm³/mol. The van der Waals surface area contributed by atoms with Crippen LogP contribution in [0.5, 0.6) is 0 Å². The van der Waals surface area contributed by atoms with E-state index in [2.05, 4.69) is 0 Å². The van der Waals surface area contributed by atoms with Crippen molar-refractivity contribution < 1.29 is 14.7 Å². The molecule has 6 heteroatoms. The van der Waals surface area contributed by atoms with Gasteiger partial charge in [0.05, 0.1) is 6.04 Å². The van der Waals surface area contributed by atoms with Crippen LogP contribution in [0.25, 0.3) is 0 Å². The highest BCUT2D eigenvalue weighted by atomic mass is 32.2. The van der Waals surface area contributed by atoms with E-state index in [1.165, 1.54) is 4.90 Å². The van der Waals surface area contributed by atoms with Crippen molar-refractivity contribution in [1.82, 2.24) is 4.90 Å². The van der Waals surface area contributed by atoms with Gasteiger partial charge < -0.3 is 15.7 Å². The summed E-state index contributed by atoms with van der Waals surface area (Å²) in [5.74, 6) is -0.472. The van der Waals surface area contributed by atoms with Gasteiger partial charge in [-0.15, -0.1) is 0 Å². The minimum absolute atomic E-state index is 0.0982. The number of thioether (sulfide) groups is 1. The van der Waals surface area contributed by atoms with Crippen LogP contribution in [0.4, 0.5) is 0 Å². The van der Waals surface area contributed by atoms with E-state index in [0.29, 0.717) is 12.8 Å². The Morgan fingerprint density at radius 3 is 2.47 bits per heavy atom. The van der Waals surface area contributed by atoms with Gasteiger partial charge in [0, 0.05) is 6.04 Å². The maximum absolute atomic E-state index is 12.0. The highest BCUT2D eigenvalue weighted by Crippen LogP contribution is 2.08. The number of carbonyl (C=O) groups is 2. The molecule has 0 aromatic rings. The molecule has 0 aliphatic rings. The van der Waals surface area contributed by atoms with E-state index in [-0.39, 0.29) is 18.5 Å². The first kappa shape index (κ1) is 16.2. The second kappa shape index (κ2) is 8.36. The summed E-state index contributed by atoms with van der Waals surface area (Å²) in [6, 6.07) is -0.699. The lowest BCUT2D eigenvalue weighted by atomic mass is 10.1. The molecule has 0 radical (unpaired) electrons. The third-order valence-electron chi connectivity index (χ3n) is 2.66. The van der Waals surface area contributed by atoms with Gasteiger partial charge in [-0.3, -0.25) is 9.59 Å². The lowest BCUT2D eigenvalue weighted by Crippen LogP contribution is -2.49. The van der Waals surface area contributed by atoms with Gasteiger partial charge in [0.15, 0.2) is 0 Å². The van der Waals surface area contributed by atoms with Crippen LogP contribution < -0.4 is 5.73 Å². The van der Waals surface area contributed by atoms with Gasteiger partial charge in [-0.1, -0.05) is 6.92 Å². The Balaban J connectivity index is 4.56. The van der Waals surface area contributed by atoms with E-state index in [1.807, 2.05) is 20.1 Å². The number of carboxylic acid groups (broad SMARTS) is 1. The van der Waals surface area contributed by atoms with Gasteiger partial charge in [-0.2, -0.15) is 11.8 Å². The second-order valence-electron chi connectivity index (χ2n) is 4.01. The summed E-state index contributed by atoms with van der Waals surface area (Å²) < 4.78 is 0. The first-order chi connectivity index (χ1) is 7.93. The van der Waals surface area contributed by atoms with Crippen LogP contribution in [0.1, 0.15) is 26.7 Å². The molecule has 1 unspecified atom stereocenters. The minimum atomic E-state index is -1.00. The monoisotopic (exact) mass is 262 g/mol. The average Bonchev–Trinajstić information content (AvgIpc) is 2.30. The van der Waals surface area contributed by atoms with E-state index < -0.39 is 12.0 Å². The molecule has 17 heavy (non-hydrogen) atoms. The van der Waals surface area contributed by atoms with Crippen LogP contribution in [0, 0.1) is 0 Å². The Labute approximate surface area is 107 Å². The Bertz CT molecular complexity index is 261. The summed E-state index contributed by atoms with van der Waals surface area (Å²) in [4.78, 5) is 24.1. The number of aliphatic carboxylic acids is 1. The summed E-state index contributed by atoms with van der Waals surface area (Å²) in [5, 5.41) is 8.80. The number of nitrogens with zero attached hydrogens (tertiary/aromatic N) is 1. The van der Waals surface area contributed by atoms with E-state index in [1.54, 1.807) is 11.8 Å². The third kappa shape index (κ3) is 5.93. The van der Waals surface area contributed by atoms with Gasteiger partial charge in [-0.25, -0.2) is 0 Å². The molecule has 0 saturated carbocycles. The fourth-order valence-electron chi connectivity index (χ4n) is 1.40. The smallest absolute Gasteiger partial charge is 0.323 e. The molecule has 3 N–H and O–H groups in total. The van der Waals surface area contributed by atoms with Crippen molar-refractivity contribution in [3.63, 3.8) is 0 Å². The van der Waals surface area contributed by atoms with Gasteiger partial charge in [0.1, 0.15) is 6.54 Å². The lowest BCUT2D eigenvalue weighted by Gasteiger charge is -2.29. The molecule has 0 aromatic carbocycles. The number of amides is 1. The first-order valence-corrected chi connectivity index (χ1v) is 7.10. The van der Waals surface area contributed by atoms with E-state index >= 15 is 0 Å². The molecule has 1 amide bonds. The highest BCUT2D eigenvalue weighted by molar-refractivity contribution is 7.98. The molecule has 0 aliphatic carbocycles. The maximum atomic E-state index is 12.0. The summed E-state index contributed by atoms with van der Waals surface area (Å²) >= 11 is 1.62. The zero-order valence-corrected chi connectivity index (χ0v) is 11.5. The van der Waals surface area contributed by atoms with Gasteiger partial charge in [-0.05, 0) is 31.8 Å². The number of nitrogens with two attached hydrogens (primary N) is 1. The number of hydrogen-bond donors (Lipinski definition) is 2. The Kier molecular flexibility index (Phi) is 7.99. The van der Waals surface area contributed by atoms with Crippen LogP contribution in [0.3, 0.4) is 0 Å². The fourth-order valence-corrected chi connectivity index (χ4v) is 1.89. The number of hydrogen-bond acceptors (Lipinski definition) is 4. The van der Waals surface area contributed by atoms with Crippen LogP contribution in [-0.2, 0) is 9.59 Å². The number of carbonyl (C=O) groups excluding carboxylic acids is 1. The van der Waals surface area contributed by atoms with Crippen molar-refractivity contribution in [3.8, 4) is 0 Å². The highest BCUT2D eigenvalue weighted by Gasteiger charge is 2.25. The molecule has 2 atom stereocenters. The van der Waals surface area contributed by atoms with Gasteiger partial charge in [0.2, 0.25) is 5.91 Å². The summed E-state index contributed by atoms with van der Waals surface area (Å²) in [6.07, 6.45) is 3.24. The molecule has 0 spiro atoms. The van der Waals surface area contributed by atoms with Crippen molar-refractivity contribution in [1.29, 1.82) is 0 Å². The quantitative estimate of drug-likeness (QED) is 0.675. The largest absolute Gasteiger partial charge is 0.480 e. The molecular weight excluding hydrogens is 240 g/mol. The number of carboxylic acids is 1. The second-order valence-corrected chi connectivity index (χ2v) is 4.99. The molecule has 0 bridgehead atoms. The molecule has 0 saturated heterocycles. The molecule has 0 aliphatic heterocycles. The molecule has 100 valence electrons. The fraction of sp³-hybridized carbons (Fsp3) is 0.818. The Morgan fingerprint density at radius 1 is 1.47 bits per heavy atom. The van der Waals surface area contributed by atoms with Crippen LogP contribution in [0.15, 0.2) is 0 Å². The predicted octanol–water partition coefficient (Wildman–Crippen LogP) is 0.779. The molecule has 0 aromatic heterocycles. The molecule has 0 heterocycles. The lowest BCUT2D eigenvalue weighted by molar-refractivity contribution is -0.146. The zero-order valence-electron chi connectivity index (χ0n) is 10.7. The van der Waals surface area contributed by atoms with Crippen LogP contribution in [0.2, 0.25) is 0 Å². The van der Waals surface area contributed by atoms with Crippen molar-refractivity contribution in [2.75, 3.05) is 18.6 Å². The van der Waals surface area contributed by atoms with Crippen molar-refractivity contribution in [2.24, 2.45) is 5.73 Å². The van der Waals surface area contributed by atoms with Gasteiger partial charge >= 0.3 is 5.97 Å². The zero-order chi connectivity index (χ0) is 13.4. The van der Waals surface area contributed by atoms with Gasteiger partial charge in [0.25, 0.3) is 0 Å². The van der Waals surface area contributed by atoms with E-state index in [4.69, 9.17) is 10.8 Å². The van der Waals surface area contributed by atoms with E-state index in [9.17, 15) is 9.59 Å². The van der Waals surface area contributed by atoms with Crippen molar-refractivity contribution in [2.45, 2.75) is 38.8 Å². The summed E-state index contributed by atoms with van der Waals surface area (Å²) in [6.45, 7) is 3.48. The minimum Gasteiger partial charge on any atom is -0.480 e. The van der Waals surface area contributed by atoms with Crippen molar-refractivity contribution >= 4 is 23.6 Å². The normalized spacial score (nSPS) is 14.1. The topological polar surface area (TPSA) is 83.6 Å². The maximum Gasteiger partial charge on any atom is 0.323 e. The summed E-state index contributed by atoms with van der Waals surface area (Å²) in [7, 11) is 0. The van der Waals surface area contributed by atoms with Crippen molar-refractivity contribution in [3.05, 3.63) is 0 Å². The summed E-state index contributed by atoms with van der Waals surface area (Å²) in [5.41, 5.74) is 5.77. The number of rotatable bonds is 8. The third-order valence-corrected chi connectivity index (χ3v) is 3.31.